The number of carbonyl (C=O) groups excluding carboxylic acids is 1. The molecule has 0 unspecified atom stereocenters. The number of fused-ring (bicyclic) bond motifs is 1. The molecule has 1 heterocycles. The van der Waals surface area contributed by atoms with Crippen molar-refractivity contribution in [2.24, 2.45) is 5.41 Å². The van der Waals surface area contributed by atoms with E-state index >= 15 is 0 Å². The van der Waals surface area contributed by atoms with Crippen LogP contribution in [0.15, 0.2) is 0 Å². The highest BCUT2D eigenvalue weighted by molar-refractivity contribution is 5.99. The lowest BCUT2D eigenvalue weighted by Crippen LogP contribution is -2.34. The van der Waals surface area contributed by atoms with Crippen molar-refractivity contribution in [1.82, 2.24) is 0 Å². The Morgan fingerprint density at radius 1 is 1.07 bits per heavy atom. The molecule has 29 heavy (non-hydrogen) atoms. The van der Waals surface area contributed by atoms with Gasteiger partial charge in [-0.2, -0.15) is 0 Å². The number of aliphatic hydroxyl groups is 1. The van der Waals surface area contributed by atoms with E-state index < -0.39 is 5.41 Å². The van der Waals surface area contributed by atoms with Gasteiger partial charge in [0.05, 0.1) is 18.0 Å². The first-order valence-electron chi connectivity index (χ1n) is 11.5. The summed E-state index contributed by atoms with van der Waals surface area (Å²) in [5.41, 5.74) is 6.14. The fraction of sp³-hybridized carbons (Fsp3) is 0.720. The summed E-state index contributed by atoms with van der Waals surface area (Å²) in [6.07, 6.45) is 9.85. The van der Waals surface area contributed by atoms with Gasteiger partial charge in [0.15, 0.2) is 0 Å². The number of hydrogen-bond donors (Lipinski definition) is 2. The second-order valence-corrected chi connectivity index (χ2v) is 9.65. The predicted molar refractivity (Wildman–Crippen MR) is 124 cm³/mol. The van der Waals surface area contributed by atoms with E-state index in [2.05, 4.69) is 24.1 Å². The Morgan fingerprint density at radius 3 is 2.34 bits per heavy atom. The quantitative estimate of drug-likeness (QED) is 0.506. The van der Waals surface area contributed by atoms with Crippen LogP contribution < -0.4 is 10.2 Å². The molecule has 1 aromatic carbocycles. The zero-order valence-electron chi connectivity index (χ0n) is 19.6. The molecule has 0 saturated carbocycles. The summed E-state index contributed by atoms with van der Waals surface area (Å²) < 4.78 is 0. The minimum atomic E-state index is -0.456. The molecular weight excluding hydrogens is 360 g/mol. The molecule has 0 spiro atoms. The number of carbonyl (C=O) groups is 1. The van der Waals surface area contributed by atoms with Gasteiger partial charge in [-0.15, -0.1) is 0 Å². The van der Waals surface area contributed by atoms with Crippen LogP contribution >= 0.6 is 0 Å². The minimum absolute atomic E-state index is 0.0146. The van der Waals surface area contributed by atoms with Crippen molar-refractivity contribution < 1.29 is 9.90 Å². The molecule has 0 aliphatic carbocycles. The van der Waals surface area contributed by atoms with Gasteiger partial charge in [0, 0.05) is 18.5 Å². The SMILES string of the molecule is CCCCCCCCN1CCCc2c(C)c(CO)c(C)c(NC(=O)C(C)(C)C)c21. The third-order valence-electron chi connectivity index (χ3n) is 6.29. The van der Waals surface area contributed by atoms with E-state index in [-0.39, 0.29) is 12.5 Å². The van der Waals surface area contributed by atoms with E-state index in [1.165, 1.54) is 55.3 Å². The first-order chi connectivity index (χ1) is 13.7. The lowest BCUT2D eigenvalue weighted by atomic mass is 9.88. The Bertz CT molecular complexity index is 704. The molecule has 2 N–H and O–H groups in total. The lowest BCUT2D eigenvalue weighted by Gasteiger charge is -2.36. The maximum atomic E-state index is 12.8. The number of anilines is 2. The van der Waals surface area contributed by atoms with Crippen molar-refractivity contribution >= 4 is 17.3 Å². The van der Waals surface area contributed by atoms with Crippen LogP contribution in [-0.4, -0.2) is 24.1 Å². The number of rotatable bonds is 9. The van der Waals surface area contributed by atoms with Crippen LogP contribution in [0.25, 0.3) is 0 Å². The van der Waals surface area contributed by atoms with Crippen LogP contribution in [0.2, 0.25) is 0 Å². The van der Waals surface area contributed by atoms with Crippen molar-refractivity contribution in [2.75, 3.05) is 23.3 Å². The summed E-state index contributed by atoms with van der Waals surface area (Å²) >= 11 is 0. The first kappa shape index (κ1) is 23.7. The Labute approximate surface area is 178 Å². The molecule has 4 nitrogen and oxygen atoms in total. The van der Waals surface area contributed by atoms with Gasteiger partial charge >= 0.3 is 0 Å². The van der Waals surface area contributed by atoms with Crippen LogP contribution in [0.1, 0.15) is 94.9 Å². The third-order valence-corrected chi connectivity index (χ3v) is 6.29. The number of aliphatic hydroxyl groups excluding tert-OH is 1. The molecule has 0 fully saturated rings. The molecule has 0 radical (unpaired) electrons. The molecule has 1 aliphatic heterocycles. The summed E-state index contributed by atoms with van der Waals surface area (Å²) in [6, 6.07) is 0. The first-order valence-corrected chi connectivity index (χ1v) is 11.5. The maximum Gasteiger partial charge on any atom is 0.229 e. The molecule has 164 valence electrons. The number of amides is 1. The third kappa shape index (κ3) is 5.75. The summed E-state index contributed by atoms with van der Waals surface area (Å²) in [5, 5.41) is 13.2. The molecule has 2 rings (SSSR count). The average Bonchev–Trinajstić information content (AvgIpc) is 2.67. The van der Waals surface area contributed by atoms with Crippen molar-refractivity contribution in [3.05, 3.63) is 22.3 Å². The highest BCUT2D eigenvalue weighted by Crippen LogP contribution is 2.42. The minimum Gasteiger partial charge on any atom is -0.392 e. The van der Waals surface area contributed by atoms with Crippen LogP contribution in [0.5, 0.6) is 0 Å². The molecule has 0 atom stereocenters. The normalized spacial score (nSPS) is 14.1. The van der Waals surface area contributed by atoms with E-state index in [4.69, 9.17) is 0 Å². The number of unbranched alkanes of at least 4 members (excludes halogenated alkanes) is 5. The number of nitrogens with zero attached hydrogens (tertiary/aromatic N) is 1. The van der Waals surface area contributed by atoms with Gasteiger partial charge in [0.25, 0.3) is 0 Å². The topological polar surface area (TPSA) is 52.6 Å². The van der Waals surface area contributed by atoms with Crippen LogP contribution in [0.3, 0.4) is 0 Å². The van der Waals surface area contributed by atoms with E-state index in [1.807, 2.05) is 27.7 Å². The van der Waals surface area contributed by atoms with Gasteiger partial charge in [0.2, 0.25) is 5.91 Å². The Morgan fingerprint density at radius 2 is 1.72 bits per heavy atom. The predicted octanol–water partition coefficient (Wildman–Crippen LogP) is 5.89. The van der Waals surface area contributed by atoms with Gasteiger partial charge in [0.1, 0.15) is 0 Å². The van der Waals surface area contributed by atoms with Gasteiger partial charge in [-0.1, -0.05) is 59.8 Å². The summed E-state index contributed by atoms with van der Waals surface area (Å²) in [7, 11) is 0. The summed E-state index contributed by atoms with van der Waals surface area (Å²) in [4.78, 5) is 15.3. The largest absolute Gasteiger partial charge is 0.392 e. The van der Waals surface area contributed by atoms with Crippen molar-refractivity contribution in [2.45, 2.75) is 99.5 Å². The van der Waals surface area contributed by atoms with E-state index in [0.29, 0.717) is 0 Å². The Hall–Kier alpha value is -1.55. The van der Waals surface area contributed by atoms with Gasteiger partial charge in [-0.25, -0.2) is 0 Å². The molecule has 0 aromatic heterocycles. The number of nitrogens with one attached hydrogen (secondary N) is 1. The summed E-state index contributed by atoms with van der Waals surface area (Å²) in [5.74, 6) is 0.0284. The monoisotopic (exact) mass is 402 g/mol. The molecule has 4 heteroatoms. The zero-order valence-corrected chi connectivity index (χ0v) is 19.6. The van der Waals surface area contributed by atoms with Crippen LogP contribution in [0, 0.1) is 19.3 Å². The van der Waals surface area contributed by atoms with Crippen molar-refractivity contribution in [3.8, 4) is 0 Å². The molecule has 1 amide bonds. The second kappa shape index (κ2) is 10.5. The zero-order chi connectivity index (χ0) is 21.6. The van der Waals surface area contributed by atoms with Crippen LogP contribution in [0.4, 0.5) is 11.4 Å². The molecular formula is C25H42N2O2. The van der Waals surface area contributed by atoms with Gasteiger partial charge < -0.3 is 15.3 Å². The number of hydrogen-bond acceptors (Lipinski definition) is 3. The molecule has 1 aliphatic rings. The fourth-order valence-electron chi connectivity index (χ4n) is 4.33. The van der Waals surface area contributed by atoms with Crippen molar-refractivity contribution in [1.29, 1.82) is 0 Å². The highest BCUT2D eigenvalue weighted by Gasteiger charge is 2.29. The Kier molecular flexibility index (Phi) is 8.57. The van der Waals surface area contributed by atoms with Gasteiger partial charge in [-0.05, 0) is 55.4 Å². The highest BCUT2D eigenvalue weighted by atomic mass is 16.3. The summed E-state index contributed by atoms with van der Waals surface area (Å²) in [6.45, 7) is 14.3. The van der Waals surface area contributed by atoms with Crippen molar-refractivity contribution in [3.63, 3.8) is 0 Å². The number of benzene rings is 1. The lowest BCUT2D eigenvalue weighted by molar-refractivity contribution is -0.123. The maximum absolute atomic E-state index is 12.8. The smallest absolute Gasteiger partial charge is 0.229 e. The second-order valence-electron chi connectivity index (χ2n) is 9.65. The Balaban J connectivity index is 2.33. The average molecular weight is 403 g/mol. The standard InChI is InChI=1S/C25H42N2O2/c1-7-8-9-10-11-12-15-27-16-13-14-20-18(2)21(17-28)19(3)22(23(20)27)26-24(29)25(4,5)6/h28H,7-17H2,1-6H3,(H,26,29). The molecule has 0 saturated heterocycles. The van der Waals surface area contributed by atoms with Gasteiger partial charge in [-0.3, -0.25) is 4.79 Å². The fourth-order valence-corrected chi connectivity index (χ4v) is 4.33. The van der Waals surface area contributed by atoms with E-state index in [9.17, 15) is 9.90 Å². The molecule has 1 aromatic rings. The van der Waals surface area contributed by atoms with Crippen LogP contribution in [-0.2, 0) is 17.8 Å². The van der Waals surface area contributed by atoms with E-state index in [1.54, 1.807) is 0 Å². The van der Waals surface area contributed by atoms with E-state index in [0.717, 1.165) is 42.7 Å². The molecule has 0 bridgehead atoms.